The summed E-state index contributed by atoms with van der Waals surface area (Å²) >= 11 is 0. The van der Waals surface area contributed by atoms with E-state index in [0.29, 0.717) is 6.42 Å². The lowest BCUT2D eigenvalue weighted by Gasteiger charge is -2.38. The highest BCUT2D eigenvalue weighted by molar-refractivity contribution is 5.89. The number of Topliss-reactive ketones (excluding diaryl/α,β-unsaturated/α-hetero) is 1. The monoisotopic (exact) mass is 184 g/mol. The molecule has 0 bridgehead atoms. The number of hydrogen-bond acceptors (Lipinski definition) is 3. The van der Waals surface area contributed by atoms with E-state index in [-0.39, 0.29) is 29.0 Å². The van der Waals surface area contributed by atoms with Crippen molar-refractivity contribution in [3.05, 3.63) is 0 Å². The van der Waals surface area contributed by atoms with Gasteiger partial charge in [-0.2, -0.15) is 0 Å². The van der Waals surface area contributed by atoms with Crippen molar-refractivity contribution in [2.45, 2.75) is 45.0 Å². The molecule has 0 amide bonds. The predicted molar refractivity (Wildman–Crippen MR) is 47.5 cm³/mol. The second-order valence-electron chi connectivity index (χ2n) is 4.93. The molecule has 1 heterocycles. The number of methoxy groups -OCH3 is 1. The standard InChI is InChI=1S/C10H16O3/c1-9(2)5-6(11)7-10(3,13-7)8(9)12-4/h7-8H,5H2,1-4H3. The van der Waals surface area contributed by atoms with Crippen molar-refractivity contribution in [1.82, 2.24) is 0 Å². The summed E-state index contributed by atoms with van der Waals surface area (Å²) in [5.74, 6) is 0.223. The van der Waals surface area contributed by atoms with Gasteiger partial charge in [0.05, 0.1) is 6.10 Å². The van der Waals surface area contributed by atoms with Crippen LogP contribution in [0.3, 0.4) is 0 Å². The average Bonchev–Trinajstić information content (AvgIpc) is 2.61. The fourth-order valence-corrected chi connectivity index (χ4v) is 2.77. The first-order valence-corrected chi connectivity index (χ1v) is 4.65. The van der Waals surface area contributed by atoms with Crippen LogP contribution in [0, 0.1) is 5.41 Å². The van der Waals surface area contributed by atoms with Crippen LogP contribution in [0.25, 0.3) is 0 Å². The molecule has 1 aliphatic carbocycles. The number of rotatable bonds is 1. The Morgan fingerprint density at radius 3 is 2.62 bits per heavy atom. The van der Waals surface area contributed by atoms with Gasteiger partial charge in [-0.15, -0.1) is 0 Å². The maximum absolute atomic E-state index is 11.5. The van der Waals surface area contributed by atoms with Gasteiger partial charge in [0.1, 0.15) is 11.7 Å². The molecular weight excluding hydrogens is 168 g/mol. The summed E-state index contributed by atoms with van der Waals surface area (Å²) < 4.78 is 10.9. The molecule has 1 saturated heterocycles. The van der Waals surface area contributed by atoms with Gasteiger partial charge in [-0.05, 0) is 6.92 Å². The minimum atomic E-state index is -0.354. The molecule has 3 atom stereocenters. The van der Waals surface area contributed by atoms with Crippen molar-refractivity contribution in [1.29, 1.82) is 0 Å². The van der Waals surface area contributed by atoms with E-state index in [1.54, 1.807) is 7.11 Å². The summed E-state index contributed by atoms with van der Waals surface area (Å²) in [6.07, 6.45) is 0.388. The van der Waals surface area contributed by atoms with E-state index in [0.717, 1.165) is 0 Å². The lowest BCUT2D eigenvalue weighted by molar-refractivity contribution is -0.128. The maximum Gasteiger partial charge on any atom is 0.165 e. The van der Waals surface area contributed by atoms with Crippen LogP contribution in [0.1, 0.15) is 27.2 Å². The van der Waals surface area contributed by atoms with Gasteiger partial charge in [-0.25, -0.2) is 0 Å². The largest absolute Gasteiger partial charge is 0.378 e. The smallest absolute Gasteiger partial charge is 0.165 e. The fourth-order valence-electron chi connectivity index (χ4n) is 2.77. The third-order valence-electron chi connectivity index (χ3n) is 3.22. The van der Waals surface area contributed by atoms with E-state index in [1.165, 1.54) is 0 Å². The molecule has 2 fully saturated rings. The summed E-state index contributed by atoms with van der Waals surface area (Å²) in [7, 11) is 1.69. The van der Waals surface area contributed by atoms with Crippen LogP contribution < -0.4 is 0 Å². The van der Waals surface area contributed by atoms with Gasteiger partial charge >= 0.3 is 0 Å². The Morgan fingerprint density at radius 2 is 2.08 bits per heavy atom. The number of epoxide rings is 1. The van der Waals surface area contributed by atoms with Gasteiger partial charge in [0.2, 0.25) is 0 Å². The SMILES string of the molecule is COC1C(C)(C)CC(=O)C2OC21C. The van der Waals surface area contributed by atoms with Gasteiger partial charge in [0.25, 0.3) is 0 Å². The highest BCUT2D eigenvalue weighted by atomic mass is 16.6. The average molecular weight is 184 g/mol. The molecule has 74 valence electrons. The lowest BCUT2D eigenvalue weighted by atomic mass is 9.69. The molecule has 1 saturated carbocycles. The van der Waals surface area contributed by atoms with E-state index < -0.39 is 0 Å². The zero-order valence-corrected chi connectivity index (χ0v) is 8.59. The number of ketones is 1. The minimum absolute atomic E-state index is 0.0303. The second-order valence-corrected chi connectivity index (χ2v) is 4.93. The third-order valence-corrected chi connectivity index (χ3v) is 3.22. The topological polar surface area (TPSA) is 38.8 Å². The molecule has 1 aliphatic heterocycles. The molecule has 0 N–H and O–H groups in total. The first-order valence-electron chi connectivity index (χ1n) is 4.65. The summed E-state index contributed by atoms with van der Waals surface area (Å²) in [5.41, 5.74) is -0.457. The number of ether oxygens (including phenoxy) is 2. The van der Waals surface area contributed by atoms with E-state index >= 15 is 0 Å². The van der Waals surface area contributed by atoms with Crippen molar-refractivity contribution in [3.63, 3.8) is 0 Å². The Labute approximate surface area is 78.4 Å². The third kappa shape index (κ3) is 1.07. The van der Waals surface area contributed by atoms with Crippen molar-refractivity contribution in [3.8, 4) is 0 Å². The number of carbonyl (C=O) groups excluding carboxylic acids is 1. The maximum atomic E-state index is 11.5. The van der Waals surface area contributed by atoms with Crippen LogP contribution in [0.5, 0.6) is 0 Å². The van der Waals surface area contributed by atoms with E-state index in [4.69, 9.17) is 9.47 Å². The van der Waals surface area contributed by atoms with Crippen LogP contribution in [0.2, 0.25) is 0 Å². The first kappa shape index (κ1) is 9.16. The van der Waals surface area contributed by atoms with Gasteiger partial charge in [-0.1, -0.05) is 13.8 Å². The van der Waals surface area contributed by atoms with E-state index in [9.17, 15) is 4.79 Å². The Bertz CT molecular complexity index is 254. The van der Waals surface area contributed by atoms with E-state index in [1.807, 2.05) is 6.92 Å². The zero-order chi connectivity index (χ0) is 9.85. The summed E-state index contributed by atoms with van der Waals surface area (Å²) in [6.45, 7) is 6.08. The quantitative estimate of drug-likeness (QED) is 0.574. The minimum Gasteiger partial charge on any atom is -0.378 e. The molecule has 2 rings (SSSR count). The molecule has 3 nitrogen and oxygen atoms in total. The summed E-state index contributed by atoms with van der Waals surface area (Å²) in [4.78, 5) is 11.5. The number of hydrogen-bond donors (Lipinski definition) is 0. The molecule has 0 aromatic rings. The van der Waals surface area contributed by atoms with Gasteiger partial charge in [0.15, 0.2) is 5.78 Å². The second kappa shape index (κ2) is 2.34. The van der Waals surface area contributed by atoms with Crippen LogP contribution in [-0.2, 0) is 14.3 Å². The van der Waals surface area contributed by atoms with Crippen LogP contribution in [0.15, 0.2) is 0 Å². The fraction of sp³-hybridized carbons (Fsp3) is 0.900. The van der Waals surface area contributed by atoms with Gasteiger partial charge in [-0.3, -0.25) is 4.79 Å². The molecular formula is C10H16O3. The lowest BCUT2D eigenvalue weighted by Crippen LogP contribution is -2.49. The number of carbonyl (C=O) groups is 1. The highest BCUT2D eigenvalue weighted by Crippen LogP contribution is 2.53. The molecule has 0 aromatic carbocycles. The van der Waals surface area contributed by atoms with Gasteiger partial charge in [0, 0.05) is 18.9 Å². The van der Waals surface area contributed by atoms with Crippen LogP contribution >= 0.6 is 0 Å². The van der Waals surface area contributed by atoms with Crippen molar-refractivity contribution >= 4 is 5.78 Å². The van der Waals surface area contributed by atoms with Crippen LogP contribution in [-0.4, -0.2) is 30.7 Å². The van der Waals surface area contributed by atoms with Crippen LogP contribution in [0.4, 0.5) is 0 Å². The summed E-state index contributed by atoms with van der Waals surface area (Å²) in [6, 6.07) is 0. The van der Waals surface area contributed by atoms with Gasteiger partial charge < -0.3 is 9.47 Å². The van der Waals surface area contributed by atoms with Crippen molar-refractivity contribution in [2.24, 2.45) is 5.41 Å². The first-order chi connectivity index (χ1) is 5.92. The Kier molecular flexibility index (Phi) is 1.65. The molecule has 0 radical (unpaired) electrons. The number of fused-ring (bicyclic) bond motifs is 1. The van der Waals surface area contributed by atoms with Crippen molar-refractivity contribution in [2.75, 3.05) is 7.11 Å². The zero-order valence-electron chi connectivity index (χ0n) is 8.59. The van der Waals surface area contributed by atoms with Crippen molar-refractivity contribution < 1.29 is 14.3 Å². The predicted octanol–water partition coefficient (Wildman–Crippen LogP) is 1.16. The molecule has 0 aromatic heterocycles. The molecule has 13 heavy (non-hydrogen) atoms. The van der Waals surface area contributed by atoms with E-state index in [2.05, 4.69) is 13.8 Å². The Balaban J connectivity index is 2.30. The Morgan fingerprint density at radius 1 is 1.46 bits per heavy atom. The molecule has 3 heteroatoms. The molecule has 0 spiro atoms. The normalized spacial score (nSPS) is 47.2. The Hall–Kier alpha value is -0.410. The summed E-state index contributed by atoms with van der Waals surface area (Å²) in [5, 5.41) is 0. The highest BCUT2D eigenvalue weighted by Gasteiger charge is 2.68. The molecule has 2 aliphatic rings. The molecule has 3 unspecified atom stereocenters.